The van der Waals surface area contributed by atoms with Crippen molar-refractivity contribution < 1.29 is 31.5 Å². The number of benzene rings is 1. The van der Waals surface area contributed by atoms with Crippen LogP contribution < -0.4 is 0 Å². The van der Waals surface area contributed by atoms with E-state index in [0.29, 0.717) is 11.4 Å². The number of hydrogen-bond donors (Lipinski definition) is 1. The number of amidine groups is 1. The van der Waals surface area contributed by atoms with E-state index in [1.54, 1.807) is 19.9 Å². The number of nitrogens with zero attached hydrogens (tertiary/aromatic N) is 3. The minimum atomic E-state index is -4.49. The molecule has 2 atom stereocenters. The van der Waals surface area contributed by atoms with Crippen LogP contribution in [0.4, 0.5) is 13.2 Å². The minimum absolute atomic E-state index is 0.0104. The molecule has 1 aromatic carbocycles. The zero-order valence-corrected chi connectivity index (χ0v) is 18.4. The van der Waals surface area contributed by atoms with Gasteiger partial charge in [-0.15, -0.1) is 0 Å². The summed E-state index contributed by atoms with van der Waals surface area (Å²) in [6, 6.07) is 5.02. The highest BCUT2D eigenvalue weighted by atomic mass is 32.2. The van der Waals surface area contributed by atoms with Crippen molar-refractivity contribution in [1.82, 2.24) is 9.21 Å². The topological polar surface area (TPSA) is 90.3 Å². The summed E-state index contributed by atoms with van der Waals surface area (Å²) in [6.07, 6.45) is -1.38. The van der Waals surface area contributed by atoms with Gasteiger partial charge in [-0.2, -0.15) is 17.5 Å². The predicted molar refractivity (Wildman–Crippen MR) is 113 cm³/mol. The van der Waals surface area contributed by atoms with Crippen molar-refractivity contribution in [3.63, 3.8) is 0 Å². The highest BCUT2D eigenvalue weighted by Gasteiger charge is 2.39. The van der Waals surface area contributed by atoms with E-state index < -0.39 is 33.8 Å². The molecular formula is C21H24F3N3O4S. The van der Waals surface area contributed by atoms with Crippen LogP contribution in [-0.2, 0) is 21.2 Å². The molecule has 2 heterocycles. The lowest BCUT2D eigenvalue weighted by Gasteiger charge is -2.45. The number of halogens is 3. The summed E-state index contributed by atoms with van der Waals surface area (Å²) in [6.45, 7) is 3.93. The average molecular weight is 472 g/mol. The Morgan fingerprint density at radius 1 is 1.22 bits per heavy atom. The predicted octanol–water partition coefficient (Wildman–Crippen LogP) is 3.20. The van der Waals surface area contributed by atoms with Gasteiger partial charge in [0, 0.05) is 37.8 Å². The second-order valence-electron chi connectivity index (χ2n) is 7.74. The molecule has 32 heavy (non-hydrogen) atoms. The number of hydrogen-bond acceptors (Lipinski definition) is 5. The largest absolute Gasteiger partial charge is 0.481 e. The highest BCUT2D eigenvalue weighted by molar-refractivity contribution is 7.89. The van der Waals surface area contributed by atoms with Crippen LogP contribution in [0.15, 0.2) is 58.1 Å². The molecule has 7 nitrogen and oxygen atoms in total. The van der Waals surface area contributed by atoms with Crippen molar-refractivity contribution in [3.8, 4) is 0 Å². The van der Waals surface area contributed by atoms with Crippen molar-refractivity contribution in [3.05, 3.63) is 53.8 Å². The molecule has 0 spiro atoms. The number of aliphatic carboxylic acids is 1. The zero-order valence-electron chi connectivity index (χ0n) is 17.6. The first-order valence-electron chi connectivity index (χ1n) is 10.0. The minimum Gasteiger partial charge on any atom is -0.481 e. The van der Waals surface area contributed by atoms with Crippen molar-refractivity contribution in [2.75, 3.05) is 13.1 Å². The van der Waals surface area contributed by atoms with Crippen LogP contribution in [0.5, 0.6) is 0 Å². The molecule has 2 aliphatic rings. The Kier molecular flexibility index (Phi) is 6.80. The van der Waals surface area contributed by atoms with E-state index in [-0.39, 0.29) is 36.9 Å². The number of carbonyl (C=O) groups is 1. The average Bonchev–Trinajstić information content (AvgIpc) is 2.96. The molecule has 1 saturated heterocycles. The van der Waals surface area contributed by atoms with Gasteiger partial charge in [-0.05, 0) is 31.5 Å². The van der Waals surface area contributed by atoms with E-state index in [9.17, 15) is 26.4 Å². The SMILES string of the molecule is C[C@@H]1[C@H](C)N(S(=O)(=O)c2cccc(CC(=O)O)c2)CCN1C1=NC=C(C(F)(F)F)C=CC1. The highest BCUT2D eigenvalue weighted by Crippen LogP contribution is 2.30. The number of sulfonamides is 1. The van der Waals surface area contributed by atoms with E-state index in [4.69, 9.17) is 5.11 Å². The van der Waals surface area contributed by atoms with Crippen LogP contribution in [0.2, 0.25) is 0 Å². The third-order valence-electron chi connectivity index (χ3n) is 5.68. The molecular weight excluding hydrogens is 447 g/mol. The maximum absolute atomic E-state index is 13.3. The molecule has 1 fully saturated rings. The molecule has 3 rings (SSSR count). The normalized spacial score (nSPS) is 22.8. The molecule has 0 amide bonds. The van der Waals surface area contributed by atoms with E-state index in [1.165, 1.54) is 28.6 Å². The quantitative estimate of drug-likeness (QED) is 0.729. The van der Waals surface area contributed by atoms with E-state index in [2.05, 4.69) is 4.99 Å². The van der Waals surface area contributed by atoms with Gasteiger partial charge in [0.15, 0.2) is 0 Å². The first kappa shape index (κ1) is 24.0. The fourth-order valence-corrected chi connectivity index (χ4v) is 5.59. The maximum atomic E-state index is 13.3. The smallest absolute Gasteiger partial charge is 0.417 e. The molecule has 1 N–H and O–H groups in total. The summed E-state index contributed by atoms with van der Waals surface area (Å²) in [5, 5.41) is 8.97. The van der Waals surface area contributed by atoms with Crippen LogP contribution in [0.1, 0.15) is 25.8 Å². The van der Waals surface area contributed by atoms with Gasteiger partial charge in [0.25, 0.3) is 0 Å². The Morgan fingerprint density at radius 2 is 1.94 bits per heavy atom. The number of aliphatic imine (C=N–C) groups is 1. The zero-order chi connectivity index (χ0) is 23.7. The lowest BCUT2D eigenvalue weighted by Crippen LogP contribution is -2.60. The third kappa shape index (κ3) is 5.04. The standard InChI is InChI=1S/C21H24F3N3O4S/c1-14-15(2)27(32(30,31)18-7-3-5-16(11-18)12-20(28)29)10-9-26(14)19-8-4-6-17(13-25-19)21(22,23)24/h3-7,11,13-15H,8-10,12H2,1-2H3,(H,28,29)/t14-,15+/m1/s1. The van der Waals surface area contributed by atoms with Gasteiger partial charge < -0.3 is 10.0 Å². The second kappa shape index (κ2) is 9.07. The van der Waals surface area contributed by atoms with Crippen molar-refractivity contribution >= 4 is 21.8 Å². The number of alkyl halides is 3. The summed E-state index contributed by atoms with van der Waals surface area (Å²) in [5.41, 5.74) is -0.458. The van der Waals surface area contributed by atoms with Gasteiger partial charge >= 0.3 is 12.1 Å². The Hall–Kier alpha value is -2.66. The molecule has 0 aliphatic carbocycles. The van der Waals surface area contributed by atoms with Crippen LogP contribution >= 0.6 is 0 Å². The summed E-state index contributed by atoms with van der Waals surface area (Å²) in [5.74, 6) is -0.614. The van der Waals surface area contributed by atoms with Crippen molar-refractivity contribution in [2.45, 2.75) is 49.8 Å². The van der Waals surface area contributed by atoms with E-state index in [1.807, 2.05) is 4.90 Å². The van der Waals surface area contributed by atoms with Gasteiger partial charge in [0.1, 0.15) is 5.84 Å². The fourth-order valence-electron chi connectivity index (χ4n) is 3.83. The van der Waals surface area contributed by atoms with Crippen LogP contribution in [0.25, 0.3) is 0 Å². The second-order valence-corrected chi connectivity index (χ2v) is 9.63. The molecule has 0 aromatic heterocycles. The Labute approximate surface area is 184 Å². The van der Waals surface area contributed by atoms with Crippen LogP contribution in [-0.4, -0.2) is 65.9 Å². The Morgan fingerprint density at radius 3 is 2.59 bits per heavy atom. The van der Waals surface area contributed by atoms with Crippen molar-refractivity contribution in [2.24, 2.45) is 4.99 Å². The molecule has 1 aromatic rings. The molecule has 11 heteroatoms. The number of carboxylic acid groups (broad SMARTS) is 1. The molecule has 174 valence electrons. The first-order valence-corrected chi connectivity index (χ1v) is 11.4. The number of rotatable bonds is 4. The van der Waals surface area contributed by atoms with E-state index in [0.717, 1.165) is 12.3 Å². The molecule has 0 unspecified atom stereocenters. The number of allylic oxidation sites excluding steroid dienone is 2. The van der Waals surface area contributed by atoms with Gasteiger partial charge in [0.05, 0.1) is 16.9 Å². The summed E-state index contributed by atoms with van der Waals surface area (Å²) in [7, 11) is -3.89. The van der Waals surface area contributed by atoms with Gasteiger partial charge in [-0.1, -0.05) is 24.3 Å². The molecule has 0 radical (unpaired) electrons. The monoisotopic (exact) mass is 471 g/mol. The lowest BCUT2D eigenvalue weighted by molar-refractivity contribution is -0.136. The molecule has 0 saturated carbocycles. The van der Waals surface area contributed by atoms with Gasteiger partial charge in [-0.3, -0.25) is 4.79 Å². The maximum Gasteiger partial charge on any atom is 0.417 e. The first-order chi connectivity index (χ1) is 14.9. The number of piperazine rings is 1. The lowest BCUT2D eigenvalue weighted by atomic mass is 10.1. The third-order valence-corrected chi connectivity index (χ3v) is 7.66. The molecule has 0 bridgehead atoms. The van der Waals surface area contributed by atoms with Crippen molar-refractivity contribution in [1.29, 1.82) is 0 Å². The summed E-state index contributed by atoms with van der Waals surface area (Å²) in [4.78, 5) is 16.8. The van der Waals surface area contributed by atoms with Gasteiger partial charge in [-0.25, -0.2) is 13.4 Å². The van der Waals surface area contributed by atoms with Crippen LogP contribution in [0, 0.1) is 0 Å². The summed E-state index contributed by atoms with van der Waals surface area (Å²) >= 11 is 0. The summed E-state index contributed by atoms with van der Waals surface area (Å²) < 4.78 is 66.7. The van der Waals surface area contributed by atoms with E-state index >= 15 is 0 Å². The number of carboxylic acids is 1. The fraction of sp³-hybridized carbons (Fsp3) is 0.429. The van der Waals surface area contributed by atoms with Crippen LogP contribution in [0.3, 0.4) is 0 Å². The Bertz CT molecular complexity index is 1080. The Balaban J connectivity index is 1.82. The molecule has 2 aliphatic heterocycles. The van der Waals surface area contributed by atoms with Gasteiger partial charge in [0.2, 0.25) is 10.0 Å².